The molecule has 0 radical (unpaired) electrons. The Morgan fingerprint density at radius 3 is 2.71 bits per heavy atom. The fourth-order valence-electron chi connectivity index (χ4n) is 1.62. The number of halogens is 1. The van der Waals surface area contributed by atoms with E-state index < -0.39 is 10.0 Å². The van der Waals surface area contributed by atoms with Gasteiger partial charge in [-0.05, 0) is 34.8 Å². The summed E-state index contributed by atoms with van der Waals surface area (Å²) in [5.41, 5.74) is 0. The summed E-state index contributed by atoms with van der Waals surface area (Å²) in [6.07, 6.45) is 4.31. The predicted octanol–water partition coefficient (Wildman–Crippen LogP) is 2.37. The average molecular weight is 380 g/mol. The van der Waals surface area contributed by atoms with E-state index in [1.807, 2.05) is 0 Å². The van der Waals surface area contributed by atoms with Crippen molar-refractivity contribution in [1.29, 1.82) is 0 Å². The molecule has 120 valence electrons. The van der Waals surface area contributed by atoms with E-state index in [9.17, 15) is 8.42 Å². The van der Waals surface area contributed by atoms with E-state index in [1.54, 1.807) is 13.2 Å². The second kappa shape index (κ2) is 9.34. The Bertz CT molecular complexity index is 537. The Morgan fingerprint density at radius 2 is 2.05 bits per heavy atom. The highest BCUT2D eigenvalue weighted by Crippen LogP contribution is 2.22. The number of anilines is 1. The number of ether oxygens (including phenoxy) is 1. The predicted molar refractivity (Wildman–Crippen MR) is 87.0 cm³/mol. The lowest BCUT2D eigenvalue weighted by Gasteiger charge is -2.11. The normalized spacial score (nSPS) is 11.6. The van der Waals surface area contributed by atoms with E-state index in [0.29, 0.717) is 29.9 Å². The van der Waals surface area contributed by atoms with E-state index in [1.165, 1.54) is 6.07 Å². The molecule has 0 atom stereocenters. The molecule has 1 aromatic rings. The third-order valence-electron chi connectivity index (χ3n) is 2.75. The van der Waals surface area contributed by atoms with Crippen LogP contribution >= 0.6 is 15.9 Å². The first-order valence-corrected chi connectivity index (χ1v) is 9.19. The summed E-state index contributed by atoms with van der Waals surface area (Å²) < 4.78 is 33.1. The second-order valence-corrected chi connectivity index (χ2v) is 7.12. The smallest absolute Gasteiger partial charge is 0.244 e. The number of nitrogens with zero attached hydrogens (tertiary/aromatic N) is 1. The van der Waals surface area contributed by atoms with Gasteiger partial charge < -0.3 is 10.1 Å². The molecule has 1 aromatic heterocycles. The third kappa shape index (κ3) is 6.29. The summed E-state index contributed by atoms with van der Waals surface area (Å²) in [6.45, 7) is 3.72. The fraction of sp³-hybridized carbons (Fsp3) is 0.615. The molecule has 6 nitrogen and oxygen atoms in total. The zero-order valence-electron chi connectivity index (χ0n) is 12.4. The van der Waals surface area contributed by atoms with Crippen molar-refractivity contribution >= 4 is 31.8 Å². The molecule has 1 heterocycles. The number of sulfonamides is 1. The maximum absolute atomic E-state index is 12.2. The maximum atomic E-state index is 12.2. The first kappa shape index (κ1) is 18.3. The number of pyridine rings is 1. The molecule has 0 saturated heterocycles. The molecule has 0 bridgehead atoms. The molecule has 0 fully saturated rings. The van der Waals surface area contributed by atoms with Gasteiger partial charge in [0.2, 0.25) is 10.0 Å². The van der Waals surface area contributed by atoms with Crippen LogP contribution < -0.4 is 10.0 Å². The van der Waals surface area contributed by atoms with Gasteiger partial charge in [0.25, 0.3) is 0 Å². The minimum absolute atomic E-state index is 0.131. The van der Waals surface area contributed by atoms with Gasteiger partial charge in [0, 0.05) is 37.5 Å². The molecule has 0 aromatic carbocycles. The minimum atomic E-state index is -3.58. The van der Waals surface area contributed by atoms with Gasteiger partial charge >= 0.3 is 0 Å². The molecule has 0 aliphatic rings. The Morgan fingerprint density at radius 1 is 1.33 bits per heavy atom. The molecule has 0 saturated carbocycles. The summed E-state index contributed by atoms with van der Waals surface area (Å²) in [7, 11) is -1.95. The Kier molecular flexibility index (Phi) is 8.16. The topological polar surface area (TPSA) is 80.3 Å². The molecule has 0 unspecified atom stereocenters. The molecule has 0 spiro atoms. The van der Waals surface area contributed by atoms with Crippen LogP contribution in [0.4, 0.5) is 5.82 Å². The van der Waals surface area contributed by atoms with Gasteiger partial charge in [0.15, 0.2) is 0 Å². The quantitative estimate of drug-likeness (QED) is 0.610. The summed E-state index contributed by atoms with van der Waals surface area (Å²) in [6, 6.07) is 1.53. The molecule has 0 aliphatic heterocycles. The van der Waals surface area contributed by atoms with Crippen LogP contribution in [0.5, 0.6) is 0 Å². The highest BCUT2D eigenvalue weighted by molar-refractivity contribution is 9.10. The van der Waals surface area contributed by atoms with Crippen LogP contribution in [0.3, 0.4) is 0 Å². The summed E-state index contributed by atoms with van der Waals surface area (Å²) >= 11 is 3.23. The van der Waals surface area contributed by atoms with Gasteiger partial charge in [-0.1, -0.05) is 13.3 Å². The average Bonchev–Trinajstić information content (AvgIpc) is 2.46. The van der Waals surface area contributed by atoms with Gasteiger partial charge in [-0.2, -0.15) is 0 Å². The van der Waals surface area contributed by atoms with E-state index in [-0.39, 0.29) is 4.90 Å². The lowest BCUT2D eigenvalue weighted by Crippen LogP contribution is -2.26. The van der Waals surface area contributed by atoms with Crippen LogP contribution in [-0.2, 0) is 14.8 Å². The third-order valence-corrected chi connectivity index (χ3v) is 4.65. The summed E-state index contributed by atoms with van der Waals surface area (Å²) in [4.78, 5) is 4.17. The summed E-state index contributed by atoms with van der Waals surface area (Å²) in [5, 5.41) is 2.78. The van der Waals surface area contributed by atoms with Crippen LogP contribution in [0.1, 0.15) is 26.2 Å². The van der Waals surface area contributed by atoms with E-state index in [2.05, 4.69) is 37.9 Å². The molecular formula is C13H22BrN3O3S. The molecule has 0 aliphatic carbocycles. The highest BCUT2D eigenvalue weighted by atomic mass is 79.9. The van der Waals surface area contributed by atoms with Crippen molar-refractivity contribution in [3.8, 4) is 0 Å². The number of rotatable bonds is 10. The largest absolute Gasteiger partial charge is 0.381 e. The monoisotopic (exact) mass is 379 g/mol. The molecule has 1 rings (SSSR count). The molecule has 2 N–H and O–H groups in total. The first-order valence-electron chi connectivity index (χ1n) is 6.92. The number of hydrogen-bond donors (Lipinski definition) is 2. The number of unbranched alkanes of at least 4 members (excludes halogenated alkanes) is 1. The highest BCUT2D eigenvalue weighted by Gasteiger charge is 2.19. The van der Waals surface area contributed by atoms with Gasteiger partial charge in [0.1, 0.15) is 10.7 Å². The van der Waals surface area contributed by atoms with E-state index >= 15 is 0 Å². The van der Waals surface area contributed by atoms with Crippen molar-refractivity contribution in [1.82, 2.24) is 9.71 Å². The Hall–Kier alpha value is -0.700. The standard InChI is InChI=1S/C13H22BrN3O3S/c1-3-4-7-20-8-5-6-17-21(18,19)12-9-11(14)10-16-13(12)15-2/h9-10,17H,3-8H2,1-2H3,(H,15,16). The minimum Gasteiger partial charge on any atom is -0.381 e. The number of hydrogen-bond acceptors (Lipinski definition) is 5. The zero-order valence-corrected chi connectivity index (χ0v) is 14.8. The lowest BCUT2D eigenvalue weighted by molar-refractivity contribution is 0.130. The van der Waals surface area contributed by atoms with Crippen LogP contribution in [0, 0.1) is 0 Å². The molecule has 0 amide bonds. The van der Waals surface area contributed by atoms with Crippen LogP contribution in [0.2, 0.25) is 0 Å². The van der Waals surface area contributed by atoms with Crippen LogP contribution in [0.15, 0.2) is 21.6 Å². The van der Waals surface area contributed by atoms with Gasteiger partial charge in [-0.25, -0.2) is 18.1 Å². The van der Waals surface area contributed by atoms with Crippen molar-refractivity contribution < 1.29 is 13.2 Å². The van der Waals surface area contributed by atoms with Crippen LogP contribution in [0.25, 0.3) is 0 Å². The van der Waals surface area contributed by atoms with Crippen molar-refractivity contribution in [2.75, 3.05) is 32.1 Å². The number of aromatic nitrogens is 1. The van der Waals surface area contributed by atoms with Gasteiger partial charge in [0.05, 0.1) is 0 Å². The lowest BCUT2D eigenvalue weighted by atomic mass is 10.4. The van der Waals surface area contributed by atoms with Crippen LogP contribution in [-0.4, -0.2) is 40.2 Å². The Labute approximate surface area is 134 Å². The van der Waals surface area contributed by atoms with Crippen molar-refractivity contribution in [2.24, 2.45) is 0 Å². The van der Waals surface area contributed by atoms with Crippen molar-refractivity contribution in [2.45, 2.75) is 31.1 Å². The summed E-state index contributed by atoms with van der Waals surface area (Å²) in [5.74, 6) is 0.324. The SMILES string of the molecule is CCCCOCCCNS(=O)(=O)c1cc(Br)cnc1NC. The fourth-order valence-corrected chi connectivity index (χ4v) is 3.36. The van der Waals surface area contributed by atoms with Crippen molar-refractivity contribution in [3.05, 3.63) is 16.7 Å². The van der Waals surface area contributed by atoms with Gasteiger partial charge in [-0.3, -0.25) is 0 Å². The molecule has 21 heavy (non-hydrogen) atoms. The van der Waals surface area contributed by atoms with E-state index in [4.69, 9.17) is 4.74 Å². The van der Waals surface area contributed by atoms with E-state index in [0.717, 1.165) is 19.4 Å². The first-order chi connectivity index (χ1) is 10.0. The zero-order chi connectivity index (χ0) is 15.7. The second-order valence-electron chi connectivity index (χ2n) is 4.47. The van der Waals surface area contributed by atoms with Gasteiger partial charge in [-0.15, -0.1) is 0 Å². The number of nitrogens with one attached hydrogen (secondary N) is 2. The molecular weight excluding hydrogens is 358 g/mol. The van der Waals surface area contributed by atoms with Crippen molar-refractivity contribution in [3.63, 3.8) is 0 Å². The molecule has 8 heteroatoms. The maximum Gasteiger partial charge on any atom is 0.244 e. The Balaban J connectivity index is 2.52.